The van der Waals surface area contributed by atoms with E-state index in [9.17, 15) is 19.2 Å². The molecule has 15 nitrogen and oxygen atoms in total. The van der Waals surface area contributed by atoms with Crippen molar-refractivity contribution >= 4 is 46.5 Å². The molecule has 5 rings (SSSR count). The average molecular weight is 921 g/mol. The molecule has 2 fully saturated rings. The molecule has 0 amide bonds. The van der Waals surface area contributed by atoms with Crippen molar-refractivity contribution in [2.45, 2.75) is 102 Å². The first-order valence-electron chi connectivity index (χ1n) is 18.7. The molecule has 2 saturated heterocycles. The van der Waals surface area contributed by atoms with Crippen molar-refractivity contribution in [1.82, 2.24) is 0 Å². The molecule has 0 bridgehead atoms. The predicted molar refractivity (Wildman–Crippen MR) is 212 cm³/mol. The van der Waals surface area contributed by atoms with Crippen molar-refractivity contribution in [3.63, 3.8) is 0 Å². The molecule has 0 saturated carbocycles. The number of rotatable bonds is 19. The summed E-state index contributed by atoms with van der Waals surface area (Å²) in [6, 6.07) is 28.6. The van der Waals surface area contributed by atoms with E-state index >= 15 is 0 Å². The molecule has 3 aromatic carbocycles. The van der Waals surface area contributed by atoms with Gasteiger partial charge in [-0.1, -0.05) is 114 Å². The number of benzene rings is 3. The fraction of sp³-hybridized carbons (Fsp3) is 0.476. The zero-order valence-corrected chi connectivity index (χ0v) is 34.8. The van der Waals surface area contributed by atoms with Crippen LogP contribution < -0.4 is 0 Å². The molecule has 314 valence electrons. The van der Waals surface area contributed by atoms with Gasteiger partial charge in [0.15, 0.2) is 30.9 Å². The lowest BCUT2D eigenvalue weighted by Gasteiger charge is -2.49. The Morgan fingerprint density at radius 3 is 1.57 bits per heavy atom. The Bertz CT molecular complexity index is 1730. The molecule has 2 heterocycles. The third kappa shape index (κ3) is 13.3. The predicted octanol–water partition coefficient (Wildman–Crippen LogP) is 4.63. The van der Waals surface area contributed by atoms with Crippen LogP contribution in [0.4, 0.5) is 0 Å². The first-order chi connectivity index (χ1) is 28.1. The minimum absolute atomic E-state index is 0.0404. The molecule has 0 N–H and O–H groups in total. The molecule has 0 aromatic heterocycles. The lowest BCUT2D eigenvalue weighted by Crippen LogP contribution is -2.67. The molecule has 3 aromatic rings. The highest BCUT2D eigenvalue weighted by Crippen LogP contribution is 2.36. The zero-order chi connectivity index (χ0) is 41.4. The summed E-state index contributed by atoms with van der Waals surface area (Å²) >= 11 is 1.83. The number of hydrogen-bond acceptors (Lipinski definition) is 15. The number of methoxy groups -OCH3 is 1. The van der Waals surface area contributed by atoms with Crippen LogP contribution in [0.2, 0.25) is 0 Å². The summed E-state index contributed by atoms with van der Waals surface area (Å²) in [7, 11) is 1.49. The van der Waals surface area contributed by atoms with E-state index in [2.05, 4.69) is 0 Å². The number of ether oxygens (including phenoxy) is 11. The van der Waals surface area contributed by atoms with Crippen LogP contribution in [0.5, 0.6) is 0 Å². The van der Waals surface area contributed by atoms with Gasteiger partial charge in [0, 0.05) is 27.9 Å². The maximum absolute atomic E-state index is 13.0. The van der Waals surface area contributed by atoms with Gasteiger partial charge in [0.25, 0.3) is 0 Å². The molecule has 0 radical (unpaired) electrons. The van der Waals surface area contributed by atoms with Crippen LogP contribution in [-0.2, 0) is 91.1 Å². The summed E-state index contributed by atoms with van der Waals surface area (Å²) in [5, 5.41) is 0. The molecule has 10 atom stereocenters. The van der Waals surface area contributed by atoms with Gasteiger partial charge in [-0.3, -0.25) is 19.2 Å². The SMILES string of the molecule is COC1OC(COCc2ccccc2)C(OC2OC(COC(C)=O)C(OC(C)=O)C(OC(C)=O)C2OC(=O)CI)C(OCc2ccccc2)C1OCc1ccccc1. The van der Waals surface area contributed by atoms with E-state index in [1.165, 1.54) is 14.0 Å². The van der Waals surface area contributed by atoms with Crippen LogP contribution in [0, 0.1) is 0 Å². The van der Waals surface area contributed by atoms with E-state index in [4.69, 9.17) is 52.1 Å². The second-order valence-corrected chi connectivity index (χ2v) is 14.2. The van der Waals surface area contributed by atoms with Crippen molar-refractivity contribution in [2.75, 3.05) is 24.8 Å². The van der Waals surface area contributed by atoms with Crippen molar-refractivity contribution in [1.29, 1.82) is 0 Å². The van der Waals surface area contributed by atoms with Gasteiger partial charge in [0.05, 0.1) is 30.9 Å². The third-order valence-corrected chi connectivity index (χ3v) is 9.72. The number of alkyl halides is 1. The van der Waals surface area contributed by atoms with Crippen molar-refractivity contribution in [3.05, 3.63) is 108 Å². The molecule has 2 aliphatic rings. The average Bonchev–Trinajstić information content (AvgIpc) is 3.22. The van der Waals surface area contributed by atoms with E-state index in [0.29, 0.717) is 0 Å². The minimum Gasteiger partial charge on any atom is -0.463 e. The highest BCUT2D eigenvalue weighted by Gasteiger charge is 2.56. The van der Waals surface area contributed by atoms with E-state index in [1.807, 2.05) is 114 Å². The zero-order valence-electron chi connectivity index (χ0n) is 32.7. The van der Waals surface area contributed by atoms with Crippen molar-refractivity contribution in [3.8, 4) is 0 Å². The van der Waals surface area contributed by atoms with Gasteiger partial charge in [-0.2, -0.15) is 0 Å². The van der Waals surface area contributed by atoms with E-state index in [1.54, 1.807) is 0 Å². The van der Waals surface area contributed by atoms with E-state index in [-0.39, 0.29) is 30.9 Å². The number of halogens is 1. The Hall–Kier alpha value is -4.01. The summed E-state index contributed by atoms with van der Waals surface area (Å²) in [6.07, 6.45) is -12.1. The van der Waals surface area contributed by atoms with Crippen LogP contribution in [0.25, 0.3) is 0 Å². The molecule has 58 heavy (non-hydrogen) atoms. The van der Waals surface area contributed by atoms with Gasteiger partial charge in [0.2, 0.25) is 0 Å². The van der Waals surface area contributed by atoms with Crippen molar-refractivity contribution < 1.29 is 71.3 Å². The fourth-order valence-corrected chi connectivity index (χ4v) is 6.76. The van der Waals surface area contributed by atoms with Gasteiger partial charge in [-0.05, 0) is 16.7 Å². The molecule has 0 aliphatic carbocycles. The lowest BCUT2D eigenvalue weighted by atomic mass is 9.96. The lowest BCUT2D eigenvalue weighted by molar-refractivity contribution is -0.367. The largest absolute Gasteiger partial charge is 0.463 e. The van der Waals surface area contributed by atoms with Crippen LogP contribution in [-0.4, -0.2) is 110 Å². The number of carbonyl (C=O) groups excluding carboxylic acids is 4. The van der Waals surface area contributed by atoms with Gasteiger partial charge in [0.1, 0.15) is 37.1 Å². The topological polar surface area (TPSA) is 170 Å². The Balaban J connectivity index is 1.57. The third-order valence-electron chi connectivity index (χ3n) is 9.10. The smallest absolute Gasteiger partial charge is 0.316 e. The van der Waals surface area contributed by atoms with Crippen LogP contribution in [0.15, 0.2) is 91.0 Å². The normalized spacial score (nSPS) is 26.9. The maximum atomic E-state index is 13.0. The summed E-state index contributed by atoms with van der Waals surface area (Å²) < 4.78 is 67.5. The van der Waals surface area contributed by atoms with Crippen LogP contribution in [0.1, 0.15) is 37.5 Å². The molecule has 10 unspecified atom stereocenters. The molecule has 2 aliphatic heterocycles. The second kappa shape index (κ2) is 23.0. The minimum atomic E-state index is -1.55. The van der Waals surface area contributed by atoms with E-state index in [0.717, 1.165) is 30.5 Å². The first kappa shape index (κ1) is 45.1. The van der Waals surface area contributed by atoms with Crippen molar-refractivity contribution in [2.24, 2.45) is 0 Å². The van der Waals surface area contributed by atoms with Gasteiger partial charge in [-0.25, -0.2) is 0 Å². The molecular formula is C42H49IO15. The summed E-state index contributed by atoms with van der Waals surface area (Å²) in [5.41, 5.74) is 2.64. The Kier molecular flexibility index (Phi) is 17.8. The highest BCUT2D eigenvalue weighted by molar-refractivity contribution is 14.1. The van der Waals surface area contributed by atoms with Crippen LogP contribution >= 0.6 is 22.6 Å². The highest BCUT2D eigenvalue weighted by atomic mass is 127. The maximum Gasteiger partial charge on any atom is 0.316 e. The number of hydrogen-bond donors (Lipinski definition) is 0. The Morgan fingerprint density at radius 2 is 1.05 bits per heavy atom. The summed E-state index contributed by atoms with van der Waals surface area (Å²) in [4.78, 5) is 50.1. The van der Waals surface area contributed by atoms with Gasteiger partial charge < -0.3 is 52.1 Å². The van der Waals surface area contributed by atoms with Crippen LogP contribution in [0.3, 0.4) is 0 Å². The number of esters is 4. The quantitative estimate of drug-likeness (QED) is 0.0706. The molecule has 16 heteroatoms. The van der Waals surface area contributed by atoms with E-state index < -0.39 is 91.9 Å². The monoisotopic (exact) mass is 920 g/mol. The number of carbonyl (C=O) groups is 4. The molecule has 0 spiro atoms. The Morgan fingerprint density at radius 1 is 0.552 bits per heavy atom. The summed E-state index contributed by atoms with van der Waals surface area (Å²) in [5.74, 6) is -2.89. The molecular weight excluding hydrogens is 871 g/mol. The summed E-state index contributed by atoms with van der Waals surface area (Å²) in [6.45, 7) is 3.51. The Labute approximate surface area is 350 Å². The van der Waals surface area contributed by atoms with Gasteiger partial charge >= 0.3 is 23.9 Å². The standard InChI is InChI=1S/C42H49IO15/c1-26(44)50-25-33-36(53-27(2)45)38(54-28(3)46)40(57-34(47)20-43)42(56-33)58-35-32(24-49-21-29-14-8-5-9-15-29)55-41(48-4)39(52-23-31-18-12-7-13-19-31)37(35)51-22-30-16-10-6-11-17-30/h5-19,32-33,35-42H,20-25H2,1-4H3. The fourth-order valence-electron chi connectivity index (χ4n) is 6.58. The van der Waals surface area contributed by atoms with Gasteiger partial charge in [-0.15, -0.1) is 0 Å². The second-order valence-electron chi connectivity index (χ2n) is 13.5. The first-order valence-corrected chi connectivity index (χ1v) is 20.2.